The van der Waals surface area contributed by atoms with Crippen LogP contribution in [0.25, 0.3) is 0 Å². The van der Waals surface area contributed by atoms with Gasteiger partial charge in [0, 0.05) is 5.92 Å². The molecule has 2 nitrogen and oxygen atoms in total. The van der Waals surface area contributed by atoms with Crippen LogP contribution in [0.3, 0.4) is 0 Å². The molecule has 0 aliphatic heterocycles. The van der Waals surface area contributed by atoms with Gasteiger partial charge in [-0.15, -0.1) is 0 Å². The van der Waals surface area contributed by atoms with Gasteiger partial charge in [-0.2, -0.15) is 0 Å². The Balaban J connectivity index is 3.20. The lowest BCUT2D eigenvalue weighted by Crippen LogP contribution is -2.06. The van der Waals surface area contributed by atoms with Crippen molar-refractivity contribution in [3.63, 3.8) is 0 Å². The molecule has 1 aromatic carbocycles. The Hall–Kier alpha value is -1.96. The molecule has 0 atom stereocenters. The molecule has 1 amide bonds. The van der Waals surface area contributed by atoms with Crippen LogP contribution in [0.5, 0.6) is 0 Å². The first-order valence-electron chi connectivity index (χ1n) is 3.47. The summed E-state index contributed by atoms with van der Waals surface area (Å²) < 4.78 is 37.8. The van der Waals surface area contributed by atoms with Crippen molar-refractivity contribution >= 4 is 5.91 Å². The molecule has 0 radical (unpaired) electrons. The van der Waals surface area contributed by atoms with E-state index in [0.717, 1.165) is 6.07 Å². The smallest absolute Gasteiger partial charge is 0.293 e. The topological polar surface area (TPSA) is 43.1 Å². The number of halogens is 3. The van der Waals surface area contributed by atoms with Crippen molar-refractivity contribution in [2.45, 2.75) is 0 Å². The Morgan fingerprint density at radius 3 is 2.43 bits per heavy atom. The third-order valence-electron chi connectivity index (χ3n) is 1.36. The summed E-state index contributed by atoms with van der Waals surface area (Å²) in [5.74, 6) is -1.56. The van der Waals surface area contributed by atoms with Crippen LogP contribution < -0.4 is 5.73 Å². The van der Waals surface area contributed by atoms with Crippen molar-refractivity contribution in [3.05, 3.63) is 35.1 Å². The molecule has 0 unspecified atom stereocenters. The number of amides is 1. The number of rotatable bonds is 0. The largest absolute Gasteiger partial charge is 0.359 e. The van der Waals surface area contributed by atoms with Gasteiger partial charge in [0.25, 0.3) is 5.91 Å². The number of carbonyl (C=O) groups excluding carboxylic acids is 1. The summed E-state index contributed by atoms with van der Waals surface area (Å²) in [5.41, 5.74) is 4.24. The molecule has 2 N–H and O–H groups in total. The fraction of sp³-hybridized carbons (Fsp3) is 0. The lowest BCUT2D eigenvalue weighted by Gasteiger charge is -1.96. The molecule has 0 aliphatic rings. The Kier molecular flexibility index (Phi) is 2.77. The zero-order valence-corrected chi connectivity index (χ0v) is 6.77. The van der Waals surface area contributed by atoms with E-state index in [1.165, 1.54) is 0 Å². The summed E-state index contributed by atoms with van der Waals surface area (Å²) in [6.45, 7) is 0. The van der Waals surface area contributed by atoms with Gasteiger partial charge in [0.05, 0.1) is 5.56 Å². The van der Waals surface area contributed by atoms with Gasteiger partial charge in [-0.25, -0.2) is 13.2 Å². The summed E-state index contributed by atoms with van der Waals surface area (Å²) in [4.78, 5) is 10.2. The third-order valence-corrected chi connectivity index (χ3v) is 1.36. The number of benzene rings is 1. The zero-order chi connectivity index (χ0) is 10.7. The van der Waals surface area contributed by atoms with Gasteiger partial charge in [0.1, 0.15) is 0 Å². The van der Waals surface area contributed by atoms with E-state index in [9.17, 15) is 18.0 Å². The van der Waals surface area contributed by atoms with Crippen molar-refractivity contribution in [3.8, 4) is 11.8 Å². The molecule has 0 saturated heterocycles. The lowest BCUT2D eigenvalue weighted by molar-refractivity contribution is -0.112. The molecule has 0 aromatic heterocycles. The van der Waals surface area contributed by atoms with E-state index in [0.29, 0.717) is 6.07 Å². The van der Waals surface area contributed by atoms with E-state index < -0.39 is 28.9 Å². The quantitative estimate of drug-likeness (QED) is 0.490. The molecule has 0 spiro atoms. The predicted molar refractivity (Wildman–Crippen MR) is 42.4 cm³/mol. The van der Waals surface area contributed by atoms with E-state index in [1.54, 1.807) is 0 Å². The first kappa shape index (κ1) is 10.1. The highest BCUT2D eigenvalue weighted by molar-refractivity contribution is 5.92. The standard InChI is InChI=1S/C9H4F3NO/c10-6-3-1-5(2-4-7(13)14)8(11)9(6)12/h1,3H,(H2,13,14). The molecular formula is C9H4F3NO. The van der Waals surface area contributed by atoms with Crippen molar-refractivity contribution in [1.29, 1.82) is 0 Å². The molecular weight excluding hydrogens is 195 g/mol. The predicted octanol–water partition coefficient (Wildman–Crippen LogP) is 0.941. The molecule has 14 heavy (non-hydrogen) atoms. The SMILES string of the molecule is NC(=O)C#Cc1ccc(F)c(F)c1F. The maximum absolute atomic E-state index is 12.8. The fourth-order valence-electron chi connectivity index (χ4n) is 0.751. The average Bonchev–Trinajstić information content (AvgIpc) is 2.13. The number of carbonyl (C=O) groups is 1. The number of nitrogens with two attached hydrogens (primary N) is 1. The fourth-order valence-corrected chi connectivity index (χ4v) is 0.751. The second kappa shape index (κ2) is 3.83. The van der Waals surface area contributed by atoms with E-state index in [4.69, 9.17) is 0 Å². The average molecular weight is 199 g/mol. The van der Waals surface area contributed by atoms with Crippen molar-refractivity contribution in [2.75, 3.05) is 0 Å². The molecule has 1 aromatic rings. The molecule has 5 heteroatoms. The molecule has 0 bridgehead atoms. The maximum Gasteiger partial charge on any atom is 0.293 e. The monoisotopic (exact) mass is 199 g/mol. The van der Waals surface area contributed by atoms with Gasteiger partial charge in [0.15, 0.2) is 17.5 Å². The highest BCUT2D eigenvalue weighted by atomic mass is 19.2. The minimum absolute atomic E-state index is 0.414. The number of hydrogen-bond donors (Lipinski definition) is 1. The van der Waals surface area contributed by atoms with E-state index in [2.05, 4.69) is 5.73 Å². The Morgan fingerprint density at radius 2 is 1.86 bits per heavy atom. The number of primary amides is 1. The second-order valence-corrected chi connectivity index (χ2v) is 2.34. The van der Waals surface area contributed by atoms with Crippen molar-refractivity contribution in [1.82, 2.24) is 0 Å². The minimum Gasteiger partial charge on any atom is -0.359 e. The molecule has 0 aliphatic carbocycles. The van der Waals surface area contributed by atoms with Gasteiger partial charge in [0.2, 0.25) is 0 Å². The van der Waals surface area contributed by atoms with Crippen LogP contribution in [0.1, 0.15) is 5.56 Å². The van der Waals surface area contributed by atoms with E-state index >= 15 is 0 Å². The first-order valence-corrected chi connectivity index (χ1v) is 3.47. The summed E-state index contributed by atoms with van der Waals surface area (Å²) in [6, 6.07) is 1.63. The highest BCUT2D eigenvalue weighted by Crippen LogP contribution is 2.13. The maximum atomic E-state index is 12.8. The molecule has 72 valence electrons. The normalized spacial score (nSPS) is 9.07. The second-order valence-electron chi connectivity index (χ2n) is 2.34. The van der Waals surface area contributed by atoms with Crippen LogP contribution in [-0.2, 0) is 4.79 Å². The summed E-state index contributed by atoms with van der Waals surface area (Å²) in [6.07, 6.45) is 0. The van der Waals surface area contributed by atoms with Crippen LogP contribution in [0.2, 0.25) is 0 Å². The Morgan fingerprint density at radius 1 is 1.21 bits per heavy atom. The highest BCUT2D eigenvalue weighted by Gasteiger charge is 2.11. The Bertz CT molecular complexity index is 445. The van der Waals surface area contributed by atoms with Gasteiger partial charge < -0.3 is 5.73 Å². The van der Waals surface area contributed by atoms with E-state index in [1.807, 2.05) is 11.8 Å². The van der Waals surface area contributed by atoms with Crippen molar-refractivity contribution < 1.29 is 18.0 Å². The van der Waals surface area contributed by atoms with Gasteiger partial charge >= 0.3 is 0 Å². The Labute approximate surface area is 77.5 Å². The van der Waals surface area contributed by atoms with Gasteiger partial charge in [-0.1, -0.05) is 5.92 Å². The molecule has 0 saturated carbocycles. The van der Waals surface area contributed by atoms with Crippen LogP contribution in [0.15, 0.2) is 12.1 Å². The summed E-state index contributed by atoms with van der Waals surface area (Å²) in [5, 5.41) is 0. The van der Waals surface area contributed by atoms with Crippen LogP contribution in [0.4, 0.5) is 13.2 Å². The molecule has 1 rings (SSSR count). The summed E-state index contributed by atoms with van der Waals surface area (Å²) in [7, 11) is 0. The van der Waals surface area contributed by atoms with Gasteiger partial charge in [-0.05, 0) is 12.1 Å². The lowest BCUT2D eigenvalue weighted by atomic mass is 10.2. The van der Waals surface area contributed by atoms with Crippen LogP contribution in [0, 0.1) is 29.3 Å². The van der Waals surface area contributed by atoms with Crippen LogP contribution in [-0.4, -0.2) is 5.91 Å². The van der Waals surface area contributed by atoms with Crippen LogP contribution >= 0.6 is 0 Å². The zero-order valence-electron chi connectivity index (χ0n) is 6.77. The molecule has 0 heterocycles. The van der Waals surface area contributed by atoms with Gasteiger partial charge in [-0.3, -0.25) is 4.79 Å². The first-order chi connectivity index (χ1) is 6.52. The third kappa shape index (κ3) is 2.04. The van der Waals surface area contributed by atoms with Crippen molar-refractivity contribution in [2.24, 2.45) is 5.73 Å². The summed E-state index contributed by atoms with van der Waals surface area (Å²) >= 11 is 0. The van der Waals surface area contributed by atoms with E-state index in [-0.39, 0.29) is 0 Å². The molecule has 0 fully saturated rings. The minimum atomic E-state index is -1.62. The number of hydrogen-bond acceptors (Lipinski definition) is 1.